The summed E-state index contributed by atoms with van der Waals surface area (Å²) in [7, 11) is 0. The molecule has 0 aromatic rings. The van der Waals surface area contributed by atoms with E-state index >= 15 is 0 Å². The van der Waals surface area contributed by atoms with E-state index in [1.54, 1.807) is 0 Å². The Bertz CT molecular complexity index is 989. The summed E-state index contributed by atoms with van der Waals surface area (Å²) in [5.41, 5.74) is 0. The molecule has 0 aromatic heterocycles. The molecule has 0 spiro atoms. The first-order valence-electron chi connectivity index (χ1n) is 26.8. The Morgan fingerprint density at radius 1 is 0.328 bits per heavy atom. The third-order valence-electron chi connectivity index (χ3n) is 12.0. The number of unbranched alkanes of at least 4 members (excludes halogenated alkanes) is 34. The standard InChI is InChI=1S/C55H102O6/c1-4-7-10-13-16-19-22-25-26-27-28-29-30-31-34-36-39-42-45-48-54(57)60-51-52(61-55(58)49-46-43-40-37-33-24-21-18-15-12-9-6-3)50-59-53(56)47-44-41-38-35-32-23-20-17-14-11-8-5-2/h16,19,25-26,52H,4-15,17-18,20-24,27-51H2,1-3H3/b19-16-,26-25-/t52-/m1/s1. The van der Waals surface area contributed by atoms with Crippen molar-refractivity contribution in [2.75, 3.05) is 13.2 Å². The predicted molar refractivity (Wildman–Crippen MR) is 261 cm³/mol. The highest BCUT2D eigenvalue weighted by Crippen LogP contribution is 2.16. The average Bonchev–Trinajstić information content (AvgIpc) is 3.26. The molecule has 0 aliphatic carbocycles. The van der Waals surface area contributed by atoms with Crippen molar-refractivity contribution in [3.8, 4) is 0 Å². The Morgan fingerprint density at radius 2 is 0.590 bits per heavy atom. The first-order valence-corrected chi connectivity index (χ1v) is 26.8. The van der Waals surface area contributed by atoms with Crippen molar-refractivity contribution in [2.24, 2.45) is 0 Å². The van der Waals surface area contributed by atoms with Gasteiger partial charge in [-0.3, -0.25) is 14.4 Å². The van der Waals surface area contributed by atoms with Gasteiger partial charge in [-0.25, -0.2) is 0 Å². The lowest BCUT2D eigenvalue weighted by atomic mass is 10.0. The molecule has 0 aliphatic heterocycles. The van der Waals surface area contributed by atoms with Gasteiger partial charge in [0.1, 0.15) is 13.2 Å². The molecule has 1 atom stereocenters. The van der Waals surface area contributed by atoms with E-state index in [0.717, 1.165) is 64.2 Å². The summed E-state index contributed by atoms with van der Waals surface area (Å²) in [5.74, 6) is -0.857. The van der Waals surface area contributed by atoms with E-state index in [2.05, 4.69) is 45.1 Å². The SMILES string of the molecule is CCCCC/C=C\C/C=C\CCCCCCCCCCCC(=O)OC[C@@H](COC(=O)CCCCCCCCCCCCCC)OC(=O)CCCCCCCCCCCCCC. The van der Waals surface area contributed by atoms with Crippen LogP contribution in [-0.2, 0) is 28.6 Å². The van der Waals surface area contributed by atoms with Gasteiger partial charge >= 0.3 is 17.9 Å². The van der Waals surface area contributed by atoms with Crippen molar-refractivity contribution >= 4 is 17.9 Å². The molecule has 0 aromatic carbocycles. The third-order valence-corrected chi connectivity index (χ3v) is 12.0. The molecule has 0 heterocycles. The molecule has 0 bridgehead atoms. The van der Waals surface area contributed by atoms with Crippen LogP contribution in [0.15, 0.2) is 24.3 Å². The number of ether oxygens (including phenoxy) is 3. The van der Waals surface area contributed by atoms with E-state index in [4.69, 9.17) is 14.2 Å². The Kier molecular flexibility index (Phi) is 48.8. The summed E-state index contributed by atoms with van der Waals surface area (Å²) >= 11 is 0. The van der Waals surface area contributed by atoms with Crippen molar-refractivity contribution in [2.45, 2.75) is 297 Å². The highest BCUT2D eigenvalue weighted by atomic mass is 16.6. The molecule has 6 heteroatoms. The van der Waals surface area contributed by atoms with Gasteiger partial charge in [-0.05, 0) is 51.4 Å². The highest BCUT2D eigenvalue weighted by Gasteiger charge is 2.19. The monoisotopic (exact) mass is 859 g/mol. The fraction of sp³-hybridized carbons (Fsp3) is 0.873. The largest absolute Gasteiger partial charge is 0.462 e. The first kappa shape index (κ1) is 58.9. The zero-order valence-electron chi connectivity index (χ0n) is 40.9. The van der Waals surface area contributed by atoms with Gasteiger partial charge in [0, 0.05) is 19.3 Å². The molecule has 0 aliphatic rings. The normalized spacial score (nSPS) is 12.1. The maximum absolute atomic E-state index is 12.8. The van der Waals surface area contributed by atoms with E-state index in [1.807, 2.05) is 0 Å². The average molecular weight is 859 g/mol. The molecular formula is C55H102O6. The summed E-state index contributed by atoms with van der Waals surface area (Å²) < 4.78 is 16.8. The summed E-state index contributed by atoms with van der Waals surface area (Å²) in [6, 6.07) is 0. The second kappa shape index (κ2) is 50.5. The van der Waals surface area contributed by atoms with Crippen LogP contribution in [0.3, 0.4) is 0 Å². The Hall–Kier alpha value is -2.11. The molecule has 61 heavy (non-hydrogen) atoms. The van der Waals surface area contributed by atoms with Gasteiger partial charge in [-0.2, -0.15) is 0 Å². The van der Waals surface area contributed by atoms with E-state index in [1.165, 1.54) is 186 Å². The molecule has 0 fully saturated rings. The highest BCUT2D eigenvalue weighted by molar-refractivity contribution is 5.71. The van der Waals surface area contributed by atoms with Gasteiger partial charge in [0.05, 0.1) is 0 Å². The van der Waals surface area contributed by atoms with Gasteiger partial charge in [0.25, 0.3) is 0 Å². The quantitative estimate of drug-likeness (QED) is 0.0262. The van der Waals surface area contributed by atoms with Gasteiger partial charge in [0.2, 0.25) is 0 Å². The zero-order valence-corrected chi connectivity index (χ0v) is 40.9. The van der Waals surface area contributed by atoms with Crippen molar-refractivity contribution in [3.63, 3.8) is 0 Å². The van der Waals surface area contributed by atoms with Gasteiger partial charge < -0.3 is 14.2 Å². The fourth-order valence-electron chi connectivity index (χ4n) is 7.89. The molecule has 0 radical (unpaired) electrons. The van der Waals surface area contributed by atoms with Crippen LogP contribution in [0, 0.1) is 0 Å². The fourth-order valence-corrected chi connectivity index (χ4v) is 7.89. The maximum atomic E-state index is 12.8. The van der Waals surface area contributed by atoms with Crippen molar-refractivity contribution < 1.29 is 28.6 Å². The van der Waals surface area contributed by atoms with E-state index < -0.39 is 6.10 Å². The molecular weight excluding hydrogens is 757 g/mol. The van der Waals surface area contributed by atoms with Crippen LogP contribution in [0.25, 0.3) is 0 Å². The summed E-state index contributed by atoms with van der Waals surface area (Å²) in [5, 5.41) is 0. The third kappa shape index (κ3) is 48.8. The van der Waals surface area contributed by atoms with Crippen molar-refractivity contribution in [1.82, 2.24) is 0 Å². The van der Waals surface area contributed by atoms with Crippen LogP contribution < -0.4 is 0 Å². The first-order chi connectivity index (χ1) is 30.0. The van der Waals surface area contributed by atoms with Crippen LogP contribution >= 0.6 is 0 Å². The molecule has 0 unspecified atom stereocenters. The molecule has 6 nitrogen and oxygen atoms in total. The van der Waals surface area contributed by atoms with Crippen LogP contribution in [0.2, 0.25) is 0 Å². The van der Waals surface area contributed by atoms with Crippen LogP contribution in [0.4, 0.5) is 0 Å². The van der Waals surface area contributed by atoms with E-state index in [9.17, 15) is 14.4 Å². The van der Waals surface area contributed by atoms with E-state index in [0.29, 0.717) is 19.3 Å². The smallest absolute Gasteiger partial charge is 0.306 e. The molecule has 0 saturated carbocycles. The Labute approximate surface area is 379 Å². The number of hydrogen-bond acceptors (Lipinski definition) is 6. The minimum Gasteiger partial charge on any atom is -0.462 e. The van der Waals surface area contributed by atoms with Crippen molar-refractivity contribution in [3.05, 3.63) is 24.3 Å². The van der Waals surface area contributed by atoms with Crippen LogP contribution in [0.5, 0.6) is 0 Å². The molecule has 0 saturated heterocycles. The molecule has 0 amide bonds. The minimum atomic E-state index is -0.766. The second-order valence-electron chi connectivity index (χ2n) is 18.2. The lowest BCUT2D eigenvalue weighted by Gasteiger charge is -2.18. The lowest BCUT2D eigenvalue weighted by Crippen LogP contribution is -2.30. The van der Waals surface area contributed by atoms with Crippen molar-refractivity contribution in [1.29, 1.82) is 0 Å². The predicted octanol–water partition coefficient (Wildman–Crippen LogP) is 17.5. The summed E-state index contributed by atoms with van der Waals surface area (Å²) in [6.07, 6.45) is 57.3. The van der Waals surface area contributed by atoms with Crippen LogP contribution in [0.1, 0.15) is 290 Å². The number of rotatable bonds is 49. The number of esters is 3. The zero-order chi connectivity index (χ0) is 44.4. The molecule has 358 valence electrons. The Balaban J connectivity index is 4.29. The minimum absolute atomic E-state index is 0.0674. The lowest BCUT2D eigenvalue weighted by molar-refractivity contribution is -0.167. The summed E-state index contributed by atoms with van der Waals surface area (Å²) in [4.78, 5) is 38.0. The second-order valence-corrected chi connectivity index (χ2v) is 18.2. The number of allylic oxidation sites excluding steroid dienone is 4. The van der Waals surface area contributed by atoms with Gasteiger partial charge in [-0.1, -0.05) is 244 Å². The number of hydrogen-bond donors (Lipinski definition) is 0. The molecule has 0 N–H and O–H groups in total. The number of carbonyl (C=O) groups is 3. The maximum Gasteiger partial charge on any atom is 0.306 e. The number of carbonyl (C=O) groups excluding carboxylic acids is 3. The van der Waals surface area contributed by atoms with Gasteiger partial charge in [0.15, 0.2) is 6.10 Å². The van der Waals surface area contributed by atoms with Gasteiger partial charge in [-0.15, -0.1) is 0 Å². The van der Waals surface area contributed by atoms with Crippen LogP contribution in [-0.4, -0.2) is 37.2 Å². The summed E-state index contributed by atoms with van der Waals surface area (Å²) in [6.45, 7) is 6.63. The Morgan fingerprint density at radius 3 is 0.934 bits per heavy atom. The molecule has 0 rings (SSSR count). The van der Waals surface area contributed by atoms with E-state index in [-0.39, 0.29) is 31.1 Å². The topological polar surface area (TPSA) is 78.9 Å².